The van der Waals surface area contributed by atoms with E-state index in [9.17, 15) is 13.2 Å². The molecule has 11 heteroatoms. The normalized spacial score (nSPS) is 12.2. The van der Waals surface area contributed by atoms with E-state index < -0.39 is 15.7 Å². The molecule has 0 aliphatic carbocycles. The van der Waals surface area contributed by atoms with Crippen LogP contribution in [0.5, 0.6) is 17.2 Å². The summed E-state index contributed by atoms with van der Waals surface area (Å²) in [6.45, 7) is 3.74. The lowest BCUT2D eigenvalue weighted by molar-refractivity contribution is 0.0915. The van der Waals surface area contributed by atoms with E-state index in [0.717, 1.165) is 0 Å². The first-order chi connectivity index (χ1) is 15.7. The Balaban J connectivity index is 1.87. The van der Waals surface area contributed by atoms with Crippen molar-refractivity contribution in [3.63, 3.8) is 0 Å². The number of aryl methyl sites for hydroxylation is 1. The molecule has 0 aliphatic heterocycles. The van der Waals surface area contributed by atoms with E-state index in [0.29, 0.717) is 29.7 Å². The SMILES string of the molecule is CCS(=O)(=O)c1ccc(Oc2cc(O[C@@H](C)COC)cc(C(=O)Nc3ccn(C)n3)c2)cn1. The minimum absolute atomic E-state index is 0.0294. The number of nitrogens with one attached hydrogen (secondary N) is 1. The van der Waals surface area contributed by atoms with Crippen molar-refractivity contribution in [2.24, 2.45) is 7.05 Å². The van der Waals surface area contributed by atoms with E-state index >= 15 is 0 Å². The van der Waals surface area contributed by atoms with E-state index in [4.69, 9.17) is 14.2 Å². The lowest BCUT2D eigenvalue weighted by Crippen LogP contribution is -2.18. The first-order valence-electron chi connectivity index (χ1n) is 10.2. The van der Waals surface area contributed by atoms with Gasteiger partial charge in [-0.1, -0.05) is 6.92 Å². The average molecular weight is 475 g/mol. The second-order valence-electron chi connectivity index (χ2n) is 7.24. The molecule has 2 heterocycles. The number of carbonyl (C=O) groups excluding carboxylic acids is 1. The van der Waals surface area contributed by atoms with Crippen molar-refractivity contribution in [3.8, 4) is 17.2 Å². The fraction of sp³-hybridized carbons (Fsp3) is 0.318. The van der Waals surface area contributed by atoms with Crippen molar-refractivity contribution in [1.82, 2.24) is 14.8 Å². The summed E-state index contributed by atoms with van der Waals surface area (Å²) in [6.07, 6.45) is 2.76. The summed E-state index contributed by atoms with van der Waals surface area (Å²) in [5.74, 6) is 0.987. The molecule has 0 saturated heterocycles. The zero-order valence-electron chi connectivity index (χ0n) is 18.8. The summed E-state index contributed by atoms with van der Waals surface area (Å²) in [5, 5.41) is 6.84. The number of anilines is 1. The number of methoxy groups -OCH3 is 1. The van der Waals surface area contributed by atoms with Crippen LogP contribution in [0.1, 0.15) is 24.2 Å². The van der Waals surface area contributed by atoms with E-state index in [2.05, 4.69) is 15.4 Å². The van der Waals surface area contributed by atoms with Gasteiger partial charge in [-0.25, -0.2) is 13.4 Å². The van der Waals surface area contributed by atoms with E-state index in [1.54, 1.807) is 56.2 Å². The van der Waals surface area contributed by atoms with Crippen LogP contribution in [0.25, 0.3) is 0 Å². The van der Waals surface area contributed by atoms with Gasteiger partial charge in [0, 0.05) is 38.1 Å². The topological polar surface area (TPSA) is 122 Å². The van der Waals surface area contributed by atoms with Crippen LogP contribution in [-0.2, 0) is 21.6 Å². The Morgan fingerprint density at radius 1 is 1.15 bits per heavy atom. The summed E-state index contributed by atoms with van der Waals surface area (Å²) >= 11 is 0. The molecule has 0 spiro atoms. The molecule has 0 fully saturated rings. The van der Waals surface area contributed by atoms with Gasteiger partial charge in [0.25, 0.3) is 5.91 Å². The van der Waals surface area contributed by atoms with Crippen LogP contribution in [0.2, 0.25) is 0 Å². The largest absolute Gasteiger partial charge is 0.488 e. The molecule has 0 aliphatic rings. The van der Waals surface area contributed by atoms with Gasteiger partial charge in [-0.2, -0.15) is 5.10 Å². The molecular weight excluding hydrogens is 448 g/mol. The molecule has 1 amide bonds. The number of rotatable bonds is 10. The molecule has 3 aromatic rings. The summed E-state index contributed by atoms with van der Waals surface area (Å²) in [4.78, 5) is 16.8. The number of nitrogens with zero attached hydrogens (tertiary/aromatic N) is 3. The van der Waals surface area contributed by atoms with Crippen molar-refractivity contribution in [2.45, 2.75) is 25.0 Å². The van der Waals surface area contributed by atoms with Gasteiger partial charge in [0.2, 0.25) is 0 Å². The highest BCUT2D eigenvalue weighted by Crippen LogP contribution is 2.29. The Hall–Kier alpha value is -3.44. The number of sulfone groups is 1. The Labute approximate surface area is 192 Å². The van der Waals surface area contributed by atoms with Crippen LogP contribution in [0.3, 0.4) is 0 Å². The van der Waals surface area contributed by atoms with Crippen LogP contribution < -0.4 is 14.8 Å². The number of pyridine rings is 1. The Morgan fingerprint density at radius 2 is 1.91 bits per heavy atom. The molecule has 3 rings (SSSR count). The molecule has 33 heavy (non-hydrogen) atoms. The fourth-order valence-electron chi connectivity index (χ4n) is 2.90. The minimum Gasteiger partial charge on any atom is -0.488 e. The minimum atomic E-state index is -3.42. The Bertz CT molecular complexity index is 1210. The predicted octanol–water partition coefficient (Wildman–Crippen LogP) is 3.07. The molecule has 2 aromatic heterocycles. The molecule has 1 aromatic carbocycles. The maximum absolute atomic E-state index is 12.8. The van der Waals surface area contributed by atoms with Crippen LogP contribution in [-0.4, -0.2) is 54.7 Å². The number of hydrogen-bond acceptors (Lipinski definition) is 8. The van der Waals surface area contributed by atoms with Crippen molar-refractivity contribution >= 4 is 21.6 Å². The third-order valence-electron chi connectivity index (χ3n) is 4.48. The van der Waals surface area contributed by atoms with Gasteiger partial charge in [-0.15, -0.1) is 0 Å². The lowest BCUT2D eigenvalue weighted by atomic mass is 10.2. The van der Waals surface area contributed by atoms with Crippen LogP contribution >= 0.6 is 0 Å². The van der Waals surface area contributed by atoms with Crippen molar-refractivity contribution in [3.05, 3.63) is 54.4 Å². The Morgan fingerprint density at radius 3 is 2.52 bits per heavy atom. The quantitative estimate of drug-likeness (QED) is 0.476. The molecule has 1 N–H and O–H groups in total. The van der Waals surface area contributed by atoms with E-state index in [1.165, 1.54) is 18.3 Å². The predicted molar refractivity (Wildman–Crippen MR) is 122 cm³/mol. The second kappa shape index (κ2) is 10.5. The van der Waals surface area contributed by atoms with Gasteiger partial charge in [-0.3, -0.25) is 9.48 Å². The number of hydrogen-bond donors (Lipinski definition) is 1. The first kappa shape index (κ1) is 24.2. The number of aromatic nitrogens is 3. The highest BCUT2D eigenvalue weighted by molar-refractivity contribution is 7.91. The van der Waals surface area contributed by atoms with Gasteiger partial charge < -0.3 is 19.5 Å². The molecule has 0 saturated carbocycles. The van der Waals surface area contributed by atoms with Gasteiger partial charge in [-0.05, 0) is 31.2 Å². The molecule has 0 bridgehead atoms. The number of benzene rings is 1. The third kappa shape index (κ3) is 6.53. The van der Waals surface area contributed by atoms with Crippen LogP contribution in [0.15, 0.2) is 53.8 Å². The maximum atomic E-state index is 12.8. The number of carbonyl (C=O) groups is 1. The molecule has 1 atom stereocenters. The standard InChI is InChI=1S/C22H26N4O6S/c1-5-33(28,29)21-7-6-17(13-23-21)32-19-11-16(10-18(12-19)31-15(2)14-30-4)22(27)24-20-8-9-26(3)25-20/h6-13,15H,5,14H2,1-4H3,(H,24,25,27)/t15-/m0/s1. The van der Waals surface area contributed by atoms with E-state index in [1.807, 2.05) is 6.92 Å². The summed E-state index contributed by atoms with van der Waals surface area (Å²) in [5.41, 5.74) is 0.288. The van der Waals surface area contributed by atoms with Crippen molar-refractivity contribution < 1.29 is 27.4 Å². The summed E-state index contributed by atoms with van der Waals surface area (Å²) in [6, 6.07) is 9.32. The van der Waals surface area contributed by atoms with Crippen LogP contribution in [0.4, 0.5) is 5.82 Å². The van der Waals surface area contributed by atoms with Crippen molar-refractivity contribution in [2.75, 3.05) is 24.8 Å². The summed E-state index contributed by atoms with van der Waals surface area (Å²) < 4.78 is 42.3. The maximum Gasteiger partial charge on any atom is 0.257 e. The lowest BCUT2D eigenvalue weighted by Gasteiger charge is -2.16. The van der Waals surface area contributed by atoms with Gasteiger partial charge in [0.05, 0.1) is 18.6 Å². The zero-order chi connectivity index (χ0) is 24.0. The number of amides is 1. The fourth-order valence-corrected chi connectivity index (χ4v) is 3.68. The van der Waals surface area contributed by atoms with Gasteiger partial charge >= 0.3 is 0 Å². The second-order valence-corrected chi connectivity index (χ2v) is 9.47. The smallest absolute Gasteiger partial charge is 0.257 e. The Kier molecular flexibility index (Phi) is 7.67. The monoisotopic (exact) mass is 474 g/mol. The highest BCUT2D eigenvalue weighted by atomic mass is 32.2. The van der Waals surface area contributed by atoms with Crippen molar-refractivity contribution in [1.29, 1.82) is 0 Å². The molecule has 176 valence electrons. The van der Waals surface area contributed by atoms with Crippen LogP contribution in [0, 0.1) is 0 Å². The van der Waals surface area contributed by atoms with E-state index in [-0.39, 0.29) is 22.4 Å². The molecule has 10 nitrogen and oxygen atoms in total. The highest BCUT2D eigenvalue weighted by Gasteiger charge is 2.16. The summed E-state index contributed by atoms with van der Waals surface area (Å²) in [7, 11) is -0.100. The van der Waals surface area contributed by atoms with Gasteiger partial charge in [0.1, 0.15) is 23.4 Å². The average Bonchev–Trinajstić information content (AvgIpc) is 3.18. The zero-order valence-corrected chi connectivity index (χ0v) is 19.6. The third-order valence-corrected chi connectivity index (χ3v) is 6.12. The molecule has 0 unspecified atom stereocenters. The number of ether oxygens (including phenoxy) is 3. The van der Waals surface area contributed by atoms with Gasteiger partial charge in [0.15, 0.2) is 20.7 Å². The first-order valence-corrected chi connectivity index (χ1v) is 11.8. The molecule has 0 radical (unpaired) electrons. The molecular formula is C22H26N4O6S.